The molecular formula is C12H13ClN2S. The molecule has 0 aliphatic heterocycles. The summed E-state index contributed by atoms with van der Waals surface area (Å²) >= 11 is 7.46. The van der Waals surface area contributed by atoms with Crippen LogP contribution in [0.15, 0.2) is 35.8 Å². The lowest BCUT2D eigenvalue weighted by Crippen LogP contribution is -2.18. The molecule has 0 radical (unpaired) electrons. The van der Waals surface area contributed by atoms with E-state index in [0.717, 1.165) is 16.6 Å². The van der Waals surface area contributed by atoms with E-state index < -0.39 is 0 Å². The van der Waals surface area contributed by atoms with E-state index in [1.54, 1.807) is 11.3 Å². The van der Waals surface area contributed by atoms with Gasteiger partial charge in [-0.25, -0.2) is 0 Å². The van der Waals surface area contributed by atoms with Gasteiger partial charge >= 0.3 is 0 Å². The second-order valence-electron chi connectivity index (χ2n) is 3.61. The smallest absolute Gasteiger partial charge is 0.0931 e. The first-order chi connectivity index (χ1) is 7.75. The molecule has 0 aliphatic rings. The summed E-state index contributed by atoms with van der Waals surface area (Å²) in [5.41, 5.74) is 2.28. The minimum Gasteiger partial charge on any atom is -0.305 e. The van der Waals surface area contributed by atoms with E-state index >= 15 is 0 Å². The molecule has 0 spiro atoms. The van der Waals surface area contributed by atoms with Crippen molar-refractivity contribution in [3.05, 3.63) is 51.4 Å². The summed E-state index contributed by atoms with van der Waals surface area (Å²) in [7, 11) is 0. The Morgan fingerprint density at radius 1 is 1.50 bits per heavy atom. The number of halogens is 1. The molecule has 0 saturated heterocycles. The van der Waals surface area contributed by atoms with E-state index in [-0.39, 0.29) is 0 Å². The van der Waals surface area contributed by atoms with Gasteiger partial charge in [-0.3, -0.25) is 4.98 Å². The Morgan fingerprint density at radius 3 is 3.00 bits per heavy atom. The van der Waals surface area contributed by atoms with Crippen LogP contribution in [-0.4, -0.2) is 4.98 Å². The van der Waals surface area contributed by atoms with Crippen LogP contribution in [0.25, 0.3) is 0 Å². The van der Waals surface area contributed by atoms with Crippen molar-refractivity contribution in [1.29, 1.82) is 0 Å². The van der Waals surface area contributed by atoms with Crippen LogP contribution in [0.3, 0.4) is 0 Å². The van der Waals surface area contributed by atoms with Crippen molar-refractivity contribution >= 4 is 22.9 Å². The molecule has 84 valence electrons. The maximum atomic E-state index is 5.90. The summed E-state index contributed by atoms with van der Waals surface area (Å²) in [6, 6.07) is 8.23. The molecule has 0 aromatic carbocycles. The van der Waals surface area contributed by atoms with Gasteiger partial charge in [-0.2, -0.15) is 0 Å². The number of nitrogens with one attached hydrogen (secondary N) is 1. The number of hydrogen-bond donors (Lipinski definition) is 1. The molecule has 1 atom stereocenters. The van der Waals surface area contributed by atoms with Crippen LogP contribution in [0.5, 0.6) is 0 Å². The normalized spacial score (nSPS) is 12.6. The topological polar surface area (TPSA) is 24.9 Å². The predicted octanol–water partition coefficient (Wildman–Crippen LogP) is 3.65. The second-order valence-corrected chi connectivity index (χ2v) is 5.15. The van der Waals surface area contributed by atoms with Crippen molar-refractivity contribution < 1.29 is 0 Å². The Hall–Kier alpha value is -0.900. The highest BCUT2D eigenvalue weighted by Gasteiger charge is 2.06. The first-order valence-electron chi connectivity index (χ1n) is 5.13. The minimum absolute atomic E-state index is 0.297. The van der Waals surface area contributed by atoms with E-state index in [2.05, 4.69) is 22.6 Å². The monoisotopic (exact) mass is 252 g/mol. The summed E-state index contributed by atoms with van der Waals surface area (Å²) < 4.78 is 0.835. The standard InChI is InChI=1S/C12H13ClN2S/c1-9(10-6-12(13)16-8-10)15-7-11-4-2-3-5-14-11/h2-6,8-9,15H,7H2,1H3. The van der Waals surface area contributed by atoms with E-state index in [1.807, 2.05) is 30.5 Å². The molecule has 4 heteroatoms. The van der Waals surface area contributed by atoms with Crippen LogP contribution in [0, 0.1) is 0 Å². The number of nitrogens with zero attached hydrogens (tertiary/aromatic N) is 1. The summed E-state index contributed by atoms with van der Waals surface area (Å²) in [4.78, 5) is 4.26. The first-order valence-corrected chi connectivity index (χ1v) is 6.38. The lowest BCUT2D eigenvalue weighted by Gasteiger charge is -2.11. The largest absolute Gasteiger partial charge is 0.305 e. The zero-order chi connectivity index (χ0) is 11.4. The molecule has 1 unspecified atom stereocenters. The average molecular weight is 253 g/mol. The van der Waals surface area contributed by atoms with E-state index in [9.17, 15) is 0 Å². The van der Waals surface area contributed by atoms with Crippen LogP contribution in [0.1, 0.15) is 24.2 Å². The maximum absolute atomic E-state index is 5.90. The fourth-order valence-corrected chi connectivity index (χ4v) is 2.41. The highest BCUT2D eigenvalue weighted by molar-refractivity contribution is 7.14. The van der Waals surface area contributed by atoms with Crippen LogP contribution in [0.2, 0.25) is 4.34 Å². The van der Waals surface area contributed by atoms with Gasteiger partial charge in [-0.05, 0) is 36.1 Å². The molecule has 0 aliphatic carbocycles. The Kier molecular flexibility index (Phi) is 3.93. The molecule has 16 heavy (non-hydrogen) atoms. The molecule has 1 N–H and O–H groups in total. The van der Waals surface area contributed by atoms with Gasteiger partial charge in [0.25, 0.3) is 0 Å². The Morgan fingerprint density at radius 2 is 2.38 bits per heavy atom. The lowest BCUT2D eigenvalue weighted by molar-refractivity contribution is 0.569. The third kappa shape index (κ3) is 3.04. The van der Waals surface area contributed by atoms with Gasteiger partial charge in [-0.15, -0.1) is 11.3 Å². The number of aromatic nitrogens is 1. The third-order valence-corrected chi connectivity index (χ3v) is 3.51. The van der Waals surface area contributed by atoms with Gasteiger partial charge < -0.3 is 5.32 Å². The zero-order valence-electron chi connectivity index (χ0n) is 8.98. The number of hydrogen-bond acceptors (Lipinski definition) is 3. The summed E-state index contributed by atoms with van der Waals surface area (Å²) in [6.07, 6.45) is 1.81. The van der Waals surface area contributed by atoms with Gasteiger partial charge in [0.2, 0.25) is 0 Å². The lowest BCUT2D eigenvalue weighted by atomic mass is 10.2. The highest BCUT2D eigenvalue weighted by Crippen LogP contribution is 2.24. The van der Waals surface area contributed by atoms with Gasteiger partial charge in [0, 0.05) is 18.8 Å². The van der Waals surface area contributed by atoms with Gasteiger partial charge in [-0.1, -0.05) is 17.7 Å². The molecule has 2 aromatic rings. The Bertz CT molecular complexity index is 441. The maximum Gasteiger partial charge on any atom is 0.0931 e. The third-order valence-electron chi connectivity index (χ3n) is 2.40. The van der Waals surface area contributed by atoms with Crippen LogP contribution >= 0.6 is 22.9 Å². The Balaban J connectivity index is 1.91. The van der Waals surface area contributed by atoms with Gasteiger partial charge in [0.1, 0.15) is 0 Å². The van der Waals surface area contributed by atoms with Gasteiger partial charge in [0.05, 0.1) is 10.0 Å². The number of pyridine rings is 1. The summed E-state index contributed by atoms with van der Waals surface area (Å²) in [5.74, 6) is 0. The van der Waals surface area contributed by atoms with Crippen LogP contribution < -0.4 is 5.32 Å². The van der Waals surface area contributed by atoms with Crippen molar-refractivity contribution in [3.63, 3.8) is 0 Å². The van der Waals surface area contributed by atoms with Crippen molar-refractivity contribution in [1.82, 2.24) is 10.3 Å². The van der Waals surface area contributed by atoms with Crippen molar-refractivity contribution in [3.8, 4) is 0 Å². The summed E-state index contributed by atoms with van der Waals surface area (Å²) in [5, 5.41) is 5.50. The fourth-order valence-electron chi connectivity index (χ4n) is 1.43. The summed E-state index contributed by atoms with van der Waals surface area (Å²) in [6.45, 7) is 2.90. The molecule has 2 aromatic heterocycles. The SMILES string of the molecule is CC(NCc1ccccn1)c1csc(Cl)c1. The molecule has 2 nitrogen and oxygen atoms in total. The van der Waals surface area contributed by atoms with Crippen molar-refractivity contribution in [2.45, 2.75) is 19.5 Å². The van der Waals surface area contributed by atoms with E-state index in [0.29, 0.717) is 6.04 Å². The zero-order valence-corrected chi connectivity index (χ0v) is 10.6. The molecule has 0 bridgehead atoms. The second kappa shape index (κ2) is 5.43. The molecule has 2 rings (SSSR count). The predicted molar refractivity (Wildman–Crippen MR) is 68.8 cm³/mol. The van der Waals surface area contributed by atoms with Crippen molar-refractivity contribution in [2.24, 2.45) is 0 Å². The first kappa shape index (κ1) is 11.6. The van der Waals surface area contributed by atoms with Gasteiger partial charge in [0.15, 0.2) is 0 Å². The minimum atomic E-state index is 0.297. The molecule has 2 heterocycles. The number of rotatable bonds is 4. The molecule has 0 amide bonds. The average Bonchev–Trinajstić information content (AvgIpc) is 2.74. The highest BCUT2D eigenvalue weighted by atomic mass is 35.5. The molecule has 0 fully saturated rings. The van der Waals surface area contributed by atoms with E-state index in [1.165, 1.54) is 5.56 Å². The Labute approximate surface area is 104 Å². The number of thiophene rings is 1. The quantitative estimate of drug-likeness (QED) is 0.899. The molecular weight excluding hydrogens is 240 g/mol. The van der Waals surface area contributed by atoms with E-state index in [4.69, 9.17) is 11.6 Å². The molecule has 0 saturated carbocycles. The van der Waals surface area contributed by atoms with Crippen molar-refractivity contribution in [2.75, 3.05) is 0 Å². The fraction of sp³-hybridized carbons (Fsp3) is 0.250. The van der Waals surface area contributed by atoms with Crippen LogP contribution in [-0.2, 0) is 6.54 Å². The van der Waals surface area contributed by atoms with Crippen LogP contribution in [0.4, 0.5) is 0 Å².